The molecule has 0 bridgehead atoms. The van der Waals surface area contributed by atoms with Crippen LogP contribution in [-0.2, 0) is 4.84 Å². The summed E-state index contributed by atoms with van der Waals surface area (Å²) in [6, 6.07) is 0. The van der Waals surface area contributed by atoms with Crippen LogP contribution in [0.1, 0.15) is 78.6 Å². The molecule has 0 aliphatic heterocycles. The van der Waals surface area contributed by atoms with E-state index in [4.69, 9.17) is 10.6 Å². The topological polar surface area (TPSA) is 88.1 Å². The lowest BCUT2D eigenvalue weighted by molar-refractivity contribution is -0.164. The SMILES string of the molecule is CC[C@H]1/C(=N/OCCCN)CC[C@@]2(C)C1[C@H](O)C[C@H]1[C@@H]3CC[C@H](O)[C@@]3(C)CC[C@@H]12. The molecule has 0 saturated heterocycles. The van der Waals surface area contributed by atoms with Crippen molar-refractivity contribution in [1.29, 1.82) is 0 Å². The van der Waals surface area contributed by atoms with E-state index in [0.29, 0.717) is 36.8 Å². The van der Waals surface area contributed by atoms with Gasteiger partial charge >= 0.3 is 0 Å². The van der Waals surface area contributed by atoms with Crippen LogP contribution in [0.25, 0.3) is 0 Å². The molecule has 0 heterocycles. The lowest BCUT2D eigenvalue weighted by atomic mass is 9.43. The van der Waals surface area contributed by atoms with Gasteiger partial charge in [0.2, 0.25) is 0 Å². The lowest BCUT2D eigenvalue weighted by Gasteiger charge is -2.63. The van der Waals surface area contributed by atoms with Crippen molar-refractivity contribution in [1.82, 2.24) is 0 Å². The van der Waals surface area contributed by atoms with Gasteiger partial charge in [-0.1, -0.05) is 25.9 Å². The Kier molecular flexibility index (Phi) is 6.04. The maximum atomic E-state index is 11.4. The summed E-state index contributed by atoms with van der Waals surface area (Å²) in [5, 5.41) is 26.6. The quantitative estimate of drug-likeness (QED) is 0.480. The van der Waals surface area contributed by atoms with Crippen LogP contribution in [0.3, 0.4) is 0 Å². The lowest BCUT2D eigenvalue weighted by Crippen LogP contribution is -2.60. The number of oxime groups is 1. The second-order valence-corrected chi connectivity index (χ2v) is 10.9. The molecule has 0 radical (unpaired) electrons. The molecule has 4 saturated carbocycles. The van der Waals surface area contributed by atoms with Crippen LogP contribution in [0.15, 0.2) is 5.16 Å². The smallest absolute Gasteiger partial charge is 0.118 e. The van der Waals surface area contributed by atoms with Crippen molar-refractivity contribution in [2.75, 3.05) is 13.2 Å². The Hall–Kier alpha value is -0.650. The van der Waals surface area contributed by atoms with Crippen molar-refractivity contribution < 1.29 is 15.1 Å². The van der Waals surface area contributed by atoms with E-state index in [1.807, 2.05) is 0 Å². The Labute approximate surface area is 176 Å². The molecule has 166 valence electrons. The summed E-state index contributed by atoms with van der Waals surface area (Å²) in [4.78, 5) is 5.58. The molecule has 9 atom stereocenters. The summed E-state index contributed by atoms with van der Waals surface area (Å²) in [6.07, 6.45) is 8.78. The van der Waals surface area contributed by atoms with Gasteiger partial charge in [0.05, 0.1) is 17.9 Å². The molecule has 5 nitrogen and oxygen atoms in total. The number of aliphatic hydroxyl groups is 2. The fraction of sp³-hybridized carbons (Fsp3) is 0.958. The van der Waals surface area contributed by atoms with Crippen LogP contribution in [0.5, 0.6) is 0 Å². The molecule has 0 aromatic carbocycles. The molecule has 5 heteroatoms. The van der Waals surface area contributed by atoms with Crippen LogP contribution >= 0.6 is 0 Å². The zero-order valence-electron chi connectivity index (χ0n) is 18.6. The molecule has 0 spiro atoms. The van der Waals surface area contributed by atoms with Gasteiger partial charge in [0.1, 0.15) is 6.61 Å². The monoisotopic (exact) mass is 406 g/mol. The zero-order valence-corrected chi connectivity index (χ0v) is 18.6. The molecule has 0 aromatic heterocycles. The van der Waals surface area contributed by atoms with E-state index < -0.39 is 0 Å². The molecular weight excluding hydrogens is 364 g/mol. The second kappa shape index (κ2) is 8.12. The largest absolute Gasteiger partial charge is 0.396 e. The first-order chi connectivity index (χ1) is 13.9. The van der Waals surface area contributed by atoms with Crippen molar-refractivity contribution in [3.05, 3.63) is 0 Å². The van der Waals surface area contributed by atoms with Gasteiger partial charge in [-0.3, -0.25) is 0 Å². The highest BCUT2D eigenvalue weighted by Crippen LogP contribution is 2.66. The molecule has 1 unspecified atom stereocenters. The minimum Gasteiger partial charge on any atom is -0.396 e. The predicted molar refractivity (Wildman–Crippen MR) is 115 cm³/mol. The molecule has 29 heavy (non-hydrogen) atoms. The highest BCUT2D eigenvalue weighted by Gasteiger charge is 2.63. The molecular formula is C24H42N2O3. The summed E-state index contributed by atoms with van der Waals surface area (Å²) < 4.78 is 0. The minimum atomic E-state index is -0.277. The van der Waals surface area contributed by atoms with Gasteiger partial charge in [-0.15, -0.1) is 0 Å². The number of nitrogens with two attached hydrogens (primary N) is 1. The summed E-state index contributed by atoms with van der Waals surface area (Å²) >= 11 is 0. The van der Waals surface area contributed by atoms with Crippen LogP contribution in [0.2, 0.25) is 0 Å². The first-order valence-electron chi connectivity index (χ1n) is 12.1. The number of fused-ring (bicyclic) bond motifs is 5. The third-order valence-corrected chi connectivity index (χ3v) is 9.77. The van der Waals surface area contributed by atoms with Crippen LogP contribution in [0, 0.1) is 40.4 Å². The minimum absolute atomic E-state index is 0.0619. The Morgan fingerprint density at radius 1 is 1.10 bits per heavy atom. The van der Waals surface area contributed by atoms with Gasteiger partial charge in [-0.2, -0.15) is 0 Å². The number of hydrogen-bond acceptors (Lipinski definition) is 5. The van der Waals surface area contributed by atoms with Crippen LogP contribution in [0.4, 0.5) is 0 Å². The third kappa shape index (κ3) is 3.36. The highest BCUT2D eigenvalue weighted by molar-refractivity contribution is 5.87. The number of rotatable bonds is 5. The van der Waals surface area contributed by atoms with Gasteiger partial charge in [0.15, 0.2) is 0 Å². The Bertz CT molecular complexity index is 625. The number of nitrogens with zero attached hydrogens (tertiary/aromatic N) is 1. The highest BCUT2D eigenvalue weighted by atomic mass is 16.6. The van der Waals surface area contributed by atoms with Gasteiger partial charge in [-0.05, 0) is 98.8 Å². The maximum Gasteiger partial charge on any atom is 0.118 e. The van der Waals surface area contributed by atoms with Crippen molar-refractivity contribution in [2.24, 2.45) is 51.3 Å². The van der Waals surface area contributed by atoms with Gasteiger partial charge in [0.25, 0.3) is 0 Å². The summed E-state index contributed by atoms with van der Waals surface area (Å²) in [6.45, 7) is 8.20. The molecule has 0 amide bonds. The van der Waals surface area contributed by atoms with E-state index in [-0.39, 0.29) is 29.0 Å². The van der Waals surface area contributed by atoms with Gasteiger partial charge in [0, 0.05) is 5.92 Å². The fourth-order valence-corrected chi connectivity index (χ4v) is 8.27. The van der Waals surface area contributed by atoms with E-state index in [9.17, 15) is 10.2 Å². The molecule has 4 rings (SSSR count). The van der Waals surface area contributed by atoms with Crippen molar-refractivity contribution in [3.8, 4) is 0 Å². The first kappa shape index (κ1) is 21.6. The van der Waals surface area contributed by atoms with E-state index in [2.05, 4.69) is 25.9 Å². The molecule has 4 fully saturated rings. The fourth-order valence-electron chi connectivity index (χ4n) is 8.27. The van der Waals surface area contributed by atoms with E-state index >= 15 is 0 Å². The standard InChI is InChI=1S/C24H42N2O3/c1-4-15-19(26-29-13-5-12-25)9-11-24(3)18-8-10-23(2)17(6-7-21(23)28)16(18)14-20(27)22(15)24/h15-18,20-22,27-28H,4-14,25H2,1-3H3/b26-19+/t15-,16-,17-,18-,20+,21-,22?,23-,24+/m0/s1. The Morgan fingerprint density at radius 3 is 2.59 bits per heavy atom. The average molecular weight is 407 g/mol. The molecule has 0 aromatic rings. The Balaban J connectivity index is 1.58. The number of aliphatic hydroxyl groups excluding tert-OH is 2. The normalized spacial score (nSPS) is 50.7. The number of hydrogen-bond donors (Lipinski definition) is 3. The maximum absolute atomic E-state index is 11.4. The van der Waals surface area contributed by atoms with Crippen molar-refractivity contribution in [3.63, 3.8) is 0 Å². The van der Waals surface area contributed by atoms with Crippen molar-refractivity contribution >= 4 is 5.71 Å². The molecule has 4 aliphatic carbocycles. The predicted octanol–water partition coefficient (Wildman–Crippen LogP) is 3.72. The second-order valence-electron chi connectivity index (χ2n) is 10.9. The van der Waals surface area contributed by atoms with Crippen LogP contribution in [-0.4, -0.2) is 41.3 Å². The molecule has 4 N–H and O–H groups in total. The summed E-state index contributed by atoms with van der Waals surface area (Å²) in [5.74, 6) is 2.37. The van der Waals surface area contributed by atoms with Crippen LogP contribution < -0.4 is 5.73 Å². The zero-order chi connectivity index (χ0) is 20.8. The average Bonchev–Trinajstić information content (AvgIpc) is 3.00. The van der Waals surface area contributed by atoms with Crippen molar-refractivity contribution in [2.45, 2.75) is 90.8 Å². The first-order valence-corrected chi connectivity index (χ1v) is 12.1. The third-order valence-electron chi connectivity index (χ3n) is 9.77. The van der Waals surface area contributed by atoms with E-state index in [1.54, 1.807) is 0 Å². The summed E-state index contributed by atoms with van der Waals surface area (Å²) in [7, 11) is 0. The summed E-state index contributed by atoms with van der Waals surface area (Å²) in [5.41, 5.74) is 6.94. The van der Waals surface area contributed by atoms with E-state index in [1.165, 1.54) is 6.42 Å². The Morgan fingerprint density at radius 2 is 1.86 bits per heavy atom. The van der Waals surface area contributed by atoms with E-state index in [0.717, 1.165) is 57.1 Å². The molecule has 4 aliphatic rings. The van der Waals surface area contributed by atoms with Gasteiger partial charge < -0.3 is 20.8 Å². The van der Waals surface area contributed by atoms with Gasteiger partial charge in [-0.25, -0.2) is 0 Å².